The highest BCUT2D eigenvalue weighted by Gasteiger charge is 2.17. The molecule has 0 bridgehead atoms. The molecule has 0 aliphatic carbocycles. The van der Waals surface area contributed by atoms with Gasteiger partial charge >= 0.3 is 0 Å². The van der Waals surface area contributed by atoms with Crippen molar-refractivity contribution >= 4 is 27.3 Å². The fourth-order valence-corrected chi connectivity index (χ4v) is 3.72. The van der Waals surface area contributed by atoms with Crippen molar-refractivity contribution in [2.45, 2.75) is 58.9 Å². The fraction of sp³-hybridized carbons (Fsp3) is 0.733. The lowest BCUT2D eigenvalue weighted by Crippen LogP contribution is -2.37. The summed E-state index contributed by atoms with van der Waals surface area (Å²) in [5.74, 6) is 0.761. The van der Waals surface area contributed by atoms with Crippen LogP contribution in [-0.2, 0) is 6.42 Å². The van der Waals surface area contributed by atoms with Gasteiger partial charge in [0.15, 0.2) is 0 Å². The summed E-state index contributed by atoms with van der Waals surface area (Å²) in [5, 5.41) is 5.91. The van der Waals surface area contributed by atoms with Gasteiger partial charge in [0, 0.05) is 20.8 Å². The zero-order valence-electron chi connectivity index (χ0n) is 11.8. The molecule has 0 aromatic carbocycles. The molecule has 104 valence electrons. The second-order valence-corrected chi connectivity index (χ2v) is 7.03. The van der Waals surface area contributed by atoms with Crippen LogP contribution in [0.1, 0.15) is 51.3 Å². The van der Waals surface area contributed by atoms with Crippen molar-refractivity contribution in [2.24, 2.45) is 5.92 Å². The predicted octanol–water partition coefficient (Wildman–Crippen LogP) is 5.25. The predicted molar refractivity (Wildman–Crippen MR) is 86.5 cm³/mol. The number of rotatable bonds is 9. The van der Waals surface area contributed by atoms with Crippen LogP contribution in [0.25, 0.3) is 0 Å². The molecule has 0 amide bonds. The summed E-state index contributed by atoms with van der Waals surface area (Å²) in [7, 11) is 0. The Morgan fingerprint density at radius 3 is 2.67 bits per heavy atom. The minimum atomic E-state index is 0.627. The highest BCUT2D eigenvalue weighted by molar-refractivity contribution is 9.10. The first-order valence-corrected chi connectivity index (χ1v) is 8.80. The van der Waals surface area contributed by atoms with Crippen LogP contribution in [0.5, 0.6) is 0 Å². The third kappa shape index (κ3) is 5.85. The lowest BCUT2D eigenvalue weighted by Gasteiger charge is -2.25. The molecule has 1 N–H and O–H groups in total. The summed E-state index contributed by atoms with van der Waals surface area (Å²) in [6.45, 7) is 8.04. The standard InChI is InChI=1S/C15H26BrNS/c1-4-6-7-12(3)15(17-8-5-2)10-14-9-13(16)11-18-14/h9,11-12,15,17H,4-8,10H2,1-3H3. The summed E-state index contributed by atoms with van der Waals surface area (Å²) in [4.78, 5) is 1.49. The van der Waals surface area contributed by atoms with Crippen molar-refractivity contribution in [3.05, 3.63) is 20.8 Å². The van der Waals surface area contributed by atoms with Gasteiger partial charge in [0.05, 0.1) is 0 Å². The van der Waals surface area contributed by atoms with E-state index in [1.54, 1.807) is 0 Å². The molecule has 0 spiro atoms. The fourth-order valence-electron chi connectivity index (χ4n) is 2.21. The molecular weight excluding hydrogens is 306 g/mol. The first kappa shape index (κ1) is 16.2. The zero-order valence-corrected chi connectivity index (χ0v) is 14.2. The van der Waals surface area contributed by atoms with Crippen molar-refractivity contribution in [3.8, 4) is 0 Å². The molecule has 2 unspecified atom stereocenters. The highest BCUT2D eigenvalue weighted by Crippen LogP contribution is 2.24. The van der Waals surface area contributed by atoms with Crippen LogP contribution in [0, 0.1) is 5.92 Å². The van der Waals surface area contributed by atoms with E-state index in [1.807, 2.05) is 11.3 Å². The third-order valence-corrected chi connectivity index (χ3v) is 5.12. The number of hydrogen-bond acceptors (Lipinski definition) is 2. The molecular formula is C15H26BrNS. The molecule has 0 fully saturated rings. The Kier molecular flexibility index (Phi) is 8.20. The molecule has 1 nitrogen and oxygen atoms in total. The first-order valence-electron chi connectivity index (χ1n) is 7.13. The maximum Gasteiger partial charge on any atom is 0.0285 e. The molecule has 3 heteroatoms. The van der Waals surface area contributed by atoms with Gasteiger partial charge in [0.1, 0.15) is 0 Å². The van der Waals surface area contributed by atoms with Crippen molar-refractivity contribution < 1.29 is 0 Å². The Labute approximate surface area is 125 Å². The van der Waals surface area contributed by atoms with E-state index >= 15 is 0 Å². The van der Waals surface area contributed by atoms with Gasteiger partial charge in [-0.25, -0.2) is 0 Å². The normalized spacial score (nSPS) is 14.7. The summed E-state index contributed by atoms with van der Waals surface area (Å²) in [5.41, 5.74) is 0. The van der Waals surface area contributed by atoms with Crippen molar-refractivity contribution in [2.75, 3.05) is 6.54 Å². The summed E-state index contributed by atoms with van der Waals surface area (Å²) >= 11 is 5.41. The van der Waals surface area contributed by atoms with Crippen LogP contribution in [0.15, 0.2) is 15.9 Å². The quantitative estimate of drug-likeness (QED) is 0.651. The zero-order chi connectivity index (χ0) is 13.4. The van der Waals surface area contributed by atoms with Gasteiger partial charge < -0.3 is 5.32 Å². The van der Waals surface area contributed by atoms with Gasteiger partial charge in [-0.05, 0) is 53.7 Å². The van der Waals surface area contributed by atoms with Crippen LogP contribution in [0.4, 0.5) is 0 Å². The van der Waals surface area contributed by atoms with Gasteiger partial charge in [-0.2, -0.15) is 0 Å². The van der Waals surface area contributed by atoms with E-state index in [1.165, 1.54) is 41.5 Å². The van der Waals surface area contributed by atoms with Crippen LogP contribution in [-0.4, -0.2) is 12.6 Å². The Balaban J connectivity index is 2.53. The molecule has 0 aliphatic heterocycles. The smallest absolute Gasteiger partial charge is 0.0285 e. The molecule has 2 atom stereocenters. The van der Waals surface area contributed by atoms with E-state index in [2.05, 4.69) is 53.5 Å². The average Bonchev–Trinajstić information content (AvgIpc) is 2.77. The second kappa shape index (κ2) is 9.11. The van der Waals surface area contributed by atoms with E-state index in [4.69, 9.17) is 0 Å². The Bertz CT molecular complexity index is 324. The molecule has 0 saturated heterocycles. The Morgan fingerprint density at radius 1 is 1.33 bits per heavy atom. The van der Waals surface area contributed by atoms with E-state index in [-0.39, 0.29) is 0 Å². The van der Waals surface area contributed by atoms with Crippen molar-refractivity contribution in [1.82, 2.24) is 5.32 Å². The minimum Gasteiger partial charge on any atom is -0.313 e. The van der Waals surface area contributed by atoms with Gasteiger partial charge in [-0.15, -0.1) is 11.3 Å². The number of nitrogens with one attached hydrogen (secondary N) is 1. The maximum absolute atomic E-state index is 3.73. The van der Waals surface area contributed by atoms with E-state index in [9.17, 15) is 0 Å². The first-order chi connectivity index (χ1) is 8.67. The summed E-state index contributed by atoms with van der Waals surface area (Å²) in [6.07, 6.45) is 6.37. The van der Waals surface area contributed by atoms with Crippen LogP contribution >= 0.6 is 27.3 Å². The maximum atomic E-state index is 3.73. The monoisotopic (exact) mass is 331 g/mol. The molecule has 0 aliphatic rings. The summed E-state index contributed by atoms with van der Waals surface area (Å²) in [6, 6.07) is 2.89. The van der Waals surface area contributed by atoms with Crippen LogP contribution in [0.2, 0.25) is 0 Å². The van der Waals surface area contributed by atoms with Crippen LogP contribution in [0.3, 0.4) is 0 Å². The molecule has 1 heterocycles. The topological polar surface area (TPSA) is 12.0 Å². The van der Waals surface area contributed by atoms with E-state index < -0.39 is 0 Å². The number of unbranched alkanes of at least 4 members (excludes halogenated alkanes) is 1. The number of halogens is 1. The lowest BCUT2D eigenvalue weighted by atomic mass is 9.93. The highest BCUT2D eigenvalue weighted by atomic mass is 79.9. The van der Waals surface area contributed by atoms with Gasteiger partial charge in [-0.3, -0.25) is 0 Å². The molecule has 1 aromatic heterocycles. The van der Waals surface area contributed by atoms with E-state index in [0.29, 0.717) is 6.04 Å². The molecule has 18 heavy (non-hydrogen) atoms. The van der Waals surface area contributed by atoms with Crippen molar-refractivity contribution in [1.29, 1.82) is 0 Å². The minimum absolute atomic E-state index is 0.627. The molecule has 1 rings (SSSR count). The Hall–Kier alpha value is 0.140. The third-order valence-electron chi connectivity index (χ3n) is 3.40. The van der Waals surface area contributed by atoms with Gasteiger partial charge in [0.25, 0.3) is 0 Å². The summed E-state index contributed by atoms with van der Waals surface area (Å²) < 4.78 is 1.22. The number of thiophene rings is 1. The van der Waals surface area contributed by atoms with Gasteiger partial charge in [0.2, 0.25) is 0 Å². The average molecular weight is 332 g/mol. The van der Waals surface area contributed by atoms with Crippen LogP contribution < -0.4 is 5.32 Å². The van der Waals surface area contributed by atoms with E-state index in [0.717, 1.165) is 12.5 Å². The SMILES string of the molecule is CCCCC(C)C(Cc1cc(Br)cs1)NCCC. The second-order valence-electron chi connectivity index (χ2n) is 5.12. The Morgan fingerprint density at radius 2 is 2.11 bits per heavy atom. The van der Waals surface area contributed by atoms with Crippen molar-refractivity contribution in [3.63, 3.8) is 0 Å². The van der Waals surface area contributed by atoms with Gasteiger partial charge in [-0.1, -0.05) is 33.6 Å². The molecule has 1 aromatic rings. The molecule has 0 saturated carbocycles. The lowest BCUT2D eigenvalue weighted by molar-refractivity contribution is 0.348. The number of hydrogen-bond donors (Lipinski definition) is 1. The largest absolute Gasteiger partial charge is 0.313 e. The molecule has 0 radical (unpaired) electrons.